The summed E-state index contributed by atoms with van der Waals surface area (Å²) < 4.78 is 7.76. The lowest BCUT2D eigenvalue weighted by atomic mass is 9.61. The summed E-state index contributed by atoms with van der Waals surface area (Å²) in [4.78, 5) is 33.0. The van der Waals surface area contributed by atoms with E-state index < -0.39 is 5.60 Å². The van der Waals surface area contributed by atoms with E-state index in [1.165, 1.54) is 5.69 Å². The number of likely N-dealkylation sites (N-methyl/N-ethyl adjacent to an activating group) is 1. The average molecular weight is 515 g/mol. The Hall–Kier alpha value is -2.29. The maximum Gasteiger partial charge on any atom is 0.410 e. The third-order valence-corrected chi connectivity index (χ3v) is 8.91. The molecule has 4 heterocycles. The first-order valence-corrected chi connectivity index (χ1v) is 14.0. The molecule has 1 aromatic heterocycles. The SMILES string of the molecule is Cc1cc(N2CCC(CN3CCN(C)C(=O)C3)CC2(C)C)nn1C1CC2(C1)CN(C(=O)OC(C)(C)C)C2. The molecule has 9 heteroatoms. The highest BCUT2D eigenvalue weighted by Gasteiger charge is 2.55. The zero-order valence-corrected chi connectivity index (χ0v) is 23.9. The minimum Gasteiger partial charge on any atom is -0.444 e. The van der Waals surface area contributed by atoms with Crippen LogP contribution in [-0.4, -0.2) is 100 Å². The van der Waals surface area contributed by atoms with Crippen molar-refractivity contribution >= 4 is 17.8 Å². The van der Waals surface area contributed by atoms with Gasteiger partial charge in [-0.15, -0.1) is 0 Å². The van der Waals surface area contributed by atoms with Crippen LogP contribution in [0.4, 0.5) is 10.6 Å². The van der Waals surface area contributed by atoms with Gasteiger partial charge in [-0.1, -0.05) is 0 Å². The summed E-state index contributed by atoms with van der Waals surface area (Å²) in [5.74, 6) is 1.92. The van der Waals surface area contributed by atoms with Crippen molar-refractivity contribution in [2.75, 3.05) is 57.8 Å². The number of nitrogens with zero attached hydrogens (tertiary/aromatic N) is 6. The fourth-order valence-corrected chi connectivity index (χ4v) is 7.00. The van der Waals surface area contributed by atoms with Gasteiger partial charge in [-0.05, 0) is 73.1 Å². The molecule has 4 aliphatic rings. The van der Waals surface area contributed by atoms with Gasteiger partial charge >= 0.3 is 6.09 Å². The van der Waals surface area contributed by atoms with Crippen LogP contribution >= 0.6 is 0 Å². The van der Waals surface area contributed by atoms with Gasteiger partial charge in [0.25, 0.3) is 0 Å². The molecule has 1 aromatic rings. The molecule has 37 heavy (non-hydrogen) atoms. The topological polar surface area (TPSA) is 74.2 Å². The number of rotatable bonds is 4. The number of piperazine rings is 1. The minimum atomic E-state index is -0.448. The van der Waals surface area contributed by atoms with Crippen LogP contribution in [0.5, 0.6) is 0 Å². The molecular weight excluding hydrogens is 468 g/mol. The standard InChI is InChI=1S/C28H46N6O3/c1-20-12-23(29-34(20)22-14-28(15-22)18-32(19-28)25(36)37-26(2,3)4)33-9-8-21(13-27(33,5)6)16-31-11-10-30(7)24(35)17-31/h12,21-22H,8-11,13-19H2,1-7H3. The third-order valence-electron chi connectivity index (χ3n) is 8.91. The Morgan fingerprint density at radius 3 is 2.46 bits per heavy atom. The summed E-state index contributed by atoms with van der Waals surface area (Å²) in [6, 6.07) is 2.66. The van der Waals surface area contributed by atoms with E-state index in [2.05, 4.69) is 41.3 Å². The number of hydrogen-bond donors (Lipinski definition) is 0. The Labute approximate surface area is 222 Å². The van der Waals surface area contributed by atoms with E-state index in [1.807, 2.05) is 37.6 Å². The van der Waals surface area contributed by atoms with Crippen molar-refractivity contribution in [1.82, 2.24) is 24.5 Å². The maximum atomic E-state index is 12.3. The Morgan fingerprint density at radius 2 is 1.84 bits per heavy atom. The first-order valence-electron chi connectivity index (χ1n) is 14.0. The number of anilines is 1. The van der Waals surface area contributed by atoms with E-state index in [-0.39, 0.29) is 23.0 Å². The van der Waals surface area contributed by atoms with Crippen LogP contribution in [0.2, 0.25) is 0 Å². The fourth-order valence-electron chi connectivity index (χ4n) is 7.00. The van der Waals surface area contributed by atoms with Crippen LogP contribution < -0.4 is 4.90 Å². The molecule has 5 rings (SSSR count). The quantitative estimate of drug-likeness (QED) is 0.612. The molecular formula is C28H46N6O3. The van der Waals surface area contributed by atoms with Gasteiger partial charge < -0.3 is 19.4 Å². The highest BCUT2D eigenvalue weighted by Crippen LogP contribution is 2.54. The largest absolute Gasteiger partial charge is 0.444 e. The predicted octanol–water partition coefficient (Wildman–Crippen LogP) is 3.53. The summed E-state index contributed by atoms with van der Waals surface area (Å²) in [7, 11) is 1.90. The lowest BCUT2D eigenvalue weighted by Gasteiger charge is -2.58. The van der Waals surface area contributed by atoms with Gasteiger partial charge in [-0.3, -0.25) is 14.4 Å². The Balaban J connectivity index is 1.15. The number of carbonyl (C=O) groups is 2. The molecule has 206 valence electrons. The molecule has 2 amide bonds. The van der Waals surface area contributed by atoms with Crippen molar-refractivity contribution in [2.45, 2.75) is 84.4 Å². The molecule has 4 fully saturated rings. The number of likely N-dealkylation sites (tertiary alicyclic amines) is 1. The number of ether oxygens (including phenoxy) is 1. The molecule has 1 aliphatic carbocycles. The molecule has 1 atom stereocenters. The summed E-state index contributed by atoms with van der Waals surface area (Å²) in [6.07, 6.45) is 4.19. The van der Waals surface area contributed by atoms with Gasteiger partial charge in [0, 0.05) is 69.0 Å². The van der Waals surface area contributed by atoms with Crippen LogP contribution in [0.25, 0.3) is 0 Å². The molecule has 0 bridgehead atoms. The second-order valence-electron chi connectivity index (χ2n) is 13.9. The maximum absolute atomic E-state index is 12.3. The van der Waals surface area contributed by atoms with Crippen molar-refractivity contribution in [3.05, 3.63) is 11.8 Å². The molecule has 1 unspecified atom stereocenters. The van der Waals surface area contributed by atoms with Crippen molar-refractivity contribution in [3.63, 3.8) is 0 Å². The smallest absolute Gasteiger partial charge is 0.410 e. The fraction of sp³-hybridized carbons (Fsp3) is 0.821. The second kappa shape index (κ2) is 9.17. The number of amides is 2. The average Bonchev–Trinajstić information content (AvgIpc) is 3.07. The molecule has 0 aromatic carbocycles. The first kappa shape index (κ1) is 26.3. The summed E-state index contributed by atoms with van der Waals surface area (Å²) in [5.41, 5.74) is 1.03. The van der Waals surface area contributed by atoms with E-state index in [1.54, 1.807) is 0 Å². The lowest BCUT2D eigenvalue weighted by Crippen LogP contribution is -2.64. The van der Waals surface area contributed by atoms with E-state index in [0.29, 0.717) is 18.5 Å². The van der Waals surface area contributed by atoms with Gasteiger partial charge in [0.1, 0.15) is 5.60 Å². The van der Waals surface area contributed by atoms with Crippen molar-refractivity contribution in [1.29, 1.82) is 0 Å². The highest BCUT2D eigenvalue weighted by molar-refractivity contribution is 5.78. The first-order chi connectivity index (χ1) is 17.2. The Morgan fingerprint density at radius 1 is 1.14 bits per heavy atom. The summed E-state index contributed by atoms with van der Waals surface area (Å²) in [5, 5.41) is 5.11. The van der Waals surface area contributed by atoms with Crippen LogP contribution in [0, 0.1) is 18.3 Å². The van der Waals surface area contributed by atoms with Gasteiger partial charge in [0.15, 0.2) is 5.82 Å². The van der Waals surface area contributed by atoms with Crippen molar-refractivity contribution in [3.8, 4) is 0 Å². The number of aromatic nitrogens is 2. The minimum absolute atomic E-state index is 0.0217. The van der Waals surface area contributed by atoms with E-state index >= 15 is 0 Å². The van der Waals surface area contributed by atoms with Gasteiger partial charge in [0.2, 0.25) is 5.91 Å². The van der Waals surface area contributed by atoms with Crippen LogP contribution in [0.3, 0.4) is 0 Å². The molecule has 1 saturated carbocycles. The summed E-state index contributed by atoms with van der Waals surface area (Å²) >= 11 is 0. The lowest BCUT2D eigenvalue weighted by molar-refractivity contribution is -0.134. The van der Waals surface area contributed by atoms with Crippen LogP contribution in [-0.2, 0) is 9.53 Å². The van der Waals surface area contributed by atoms with Crippen LogP contribution in [0.15, 0.2) is 6.07 Å². The van der Waals surface area contributed by atoms with Gasteiger partial charge in [-0.2, -0.15) is 5.10 Å². The van der Waals surface area contributed by atoms with E-state index in [9.17, 15) is 9.59 Å². The van der Waals surface area contributed by atoms with Crippen molar-refractivity contribution in [2.24, 2.45) is 11.3 Å². The van der Waals surface area contributed by atoms with Gasteiger partial charge in [-0.25, -0.2) is 4.79 Å². The van der Waals surface area contributed by atoms with Crippen LogP contribution in [0.1, 0.15) is 72.0 Å². The number of hydrogen-bond acceptors (Lipinski definition) is 6. The zero-order valence-electron chi connectivity index (χ0n) is 23.9. The molecule has 0 radical (unpaired) electrons. The molecule has 3 aliphatic heterocycles. The summed E-state index contributed by atoms with van der Waals surface area (Å²) in [6.45, 7) is 18.5. The van der Waals surface area contributed by atoms with Crippen molar-refractivity contribution < 1.29 is 14.3 Å². The normalized spacial score (nSPS) is 26.3. The number of carbonyl (C=O) groups excluding carboxylic acids is 2. The molecule has 3 saturated heterocycles. The Bertz CT molecular complexity index is 1030. The van der Waals surface area contributed by atoms with Gasteiger partial charge in [0.05, 0.1) is 12.6 Å². The van der Waals surface area contributed by atoms with E-state index in [4.69, 9.17) is 9.84 Å². The Kier molecular flexibility index (Phi) is 6.52. The molecule has 0 N–H and O–H groups in total. The van der Waals surface area contributed by atoms with E-state index in [0.717, 1.165) is 70.8 Å². The second-order valence-corrected chi connectivity index (χ2v) is 13.9. The zero-order chi connectivity index (χ0) is 26.8. The number of piperidine rings is 1. The highest BCUT2D eigenvalue weighted by atomic mass is 16.6. The molecule has 1 spiro atoms. The molecule has 9 nitrogen and oxygen atoms in total. The monoisotopic (exact) mass is 514 g/mol. The third kappa shape index (κ3) is 5.33. The predicted molar refractivity (Wildman–Crippen MR) is 144 cm³/mol. The number of aryl methyl sites for hydroxylation is 1.